The summed E-state index contributed by atoms with van der Waals surface area (Å²) in [6.45, 7) is 0.805. The zero-order chi connectivity index (χ0) is 21.6. The Labute approximate surface area is 194 Å². The molecule has 6 heteroatoms. The number of ketones is 1. The number of Topliss-reactive ketones (excluding diaryl/α,β-unsaturated/α-hetero) is 1. The average Bonchev–Trinajstić information content (AvgIpc) is 2.77. The molecule has 0 bridgehead atoms. The first-order chi connectivity index (χ1) is 14.4. The summed E-state index contributed by atoms with van der Waals surface area (Å²) in [5.74, 6) is 1.64. The molecule has 5 nitrogen and oxygen atoms in total. The van der Waals surface area contributed by atoms with Crippen LogP contribution in [0.1, 0.15) is 15.9 Å². The maximum Gasteiger partial charge on any atom is 0.200 e. The van der Waals surface area contributed by atoms with E-state index in [1.165, 1.54) is 5.56 Å². The highest BCUT2D eigenvalue weighted by molar-refractivity contribution is 5.97. The highest BCUT2D eigenvalue weighted by Crippen LogP contribution is 2.29. The standard InChI is InChI=1S/C25H28NO4.BrH/c1-26(2,17-19-9-6-5-7-10-19)21-11-8-12-22(16-21)30-18-23(27)20-13-14-24(28-3)25(15-20)29-4;/h5-16H,17-18H2,1-4H3;1H/q+1;/p-1. The van der Waals surface area contributed by atoms with E-state index < -0.39 is 0 Å². The SMILES string of the molecule is COc1ccc(C(=O)COc2cccc([N+](C)(C)Cc3ccccc3)c2)cc1OC.[Br-]. The van der Waals surface area contributed by atoms with E-state index in [0.717, 1.165) is 12.2 Å². The Kier molecular flexibility index (Phi) is 8.65. The first-order valence-electron chi connectivity index (χ1n) is 9.78. The monoisotopic (exact) mass is 485 g/mol. The van der Waals surface area contributed by atoms with Crippen molar-refractivity contribution in [2.45, 2.75) is 6.54 Å². The van der Waals surface area contributed by atoms with Gasteiger partial charge in [0.1, 0.15) is 18.0 Å². The lowest BCUT2D eigenvalue weighted by molar-refractivity contribution is -0.0000144. The molecule has 3 aromatic rings. The third-order valence-electron chi connectivity index (χ3n) is 5.01. The van der Waals surface area contributed by atoms with Crippen molar-refractivity contribution in [1.29, 1.82) is 0 Å². The molecule has 0 radical (unpaired) electrons. The van der Waals surface area contributed by atoms with E-state index in [1.54, 1.807) is 32.4 Å². The highest BCUT2D eigenvalue weighted by Gasteiger charge is 2.20. The van der Waals surface area contributed by atoms with Crippen LogP contribution in [0, 0.1) is 0 Å². The molecule has 0 unspecified atom stereocenters. The smallest absolute Gasteiger partial charge is 0.200 e. The van der Waals surface area contributed by atoms with E-state index >= 15 is 0 Å². The second kappa shape index (κ2) is 11.0. The van der Waals surface area contributed by atoms with Crippen LogP contribution < -0.4 is 35.7 Å². The number of hydrogen-bond acceptors (Lipinski definition) is 4. The first-order valence-corrected chi connectivity index (χ1v) is 9.78. The Bertz CT molecular complexity index is 1010. The summed E-state index contributed by atoms with van der Waals surface area (Å²) in [4.78, 5) is 12.6. The largest absolute Gasteiger partial charge is 1.00 e. The number of quaternary nitrogens is 1. The summed E-state index contributed by atoms with van der Waals surface area (Å²) in [6, 6.07) is 23.4. The van der Waals surface area contributed by atoms with Crippen LogP contribution >= 0.6 is 0 Å². The quantitative estimate of drug-likeness (QED) is 0.342. The van der Waals surface area contributed by atoms with Gasteiger partial charge in [0.05, 0.1) is 28.3 Å². The Morgan fingerprint density at radius 3 is 2.23 bits per heavy atom. The number of ether oxygens (including phenoxy) is 3. The van der Waals surface area contributed by atoms with Gasteiger partial charge in [-0.2, -0.15) is 0 Å². The van der Waals surface area contributed by atoms with Crippen LogP contribution in [-0.2, 0) is 6.54 Å². The molecule has 3 aromatic carbocycles. The van der Waals surface area contributed by atoms with Crippen LogP contribution in [0.4, 0.5) is 5.69 Å². The van der Waals surface area contributed by atoms with Crippen molar-refractivity contribution in [1.82, 2.24) is 4.48 Å². The van der Waals surface area contributed by atoms with E-state index in [9.17, 15) is 4.79 Å². The molecule has 0 saturated carbocycles. The molecule has 0 atom stereocenters. The topological polar surface area (TPSA) is 44.8 Å². The van der Waals surface area contributed by atoms with Crippen molar-refractivity contribution < 1.29 is 36.0 Å². The number of hydrogen-bond donors (Lipinski definition) is 0. The number of methoxy groups -OCH3 is 2. The summed E-state index contributed by atoms with van der Waals surface area (Å²) < 4.78 is 17.0. The zero-order valence-electron chi connectivity index (χ0n) is 18.3. The molecule has 0 N–H and O–H groups in total. The van der Waals surface area contributed by atoms with E-state index in [0.29, 0.717) is 27.3 Å². The van der Waals surface area contributed by atoms with Gasteiger partial charge in [-0.1, -0.05) is 36.4 Å². The molecule has 0 heterocycles. The van der Waals surface area contributed by atoms with Crippen LogP contribution in [0.15, 0.2) is 72.8 Å². The lowest BCUT2D eigenvalue weighted by atomic mass is 10.1. The fourth-order valence-corrected chi connectivity index (χ4v) is 3.32. The van der Waals surface area contributed by atoms with Crippen molar-refractivity contribution >= 4 is 11.5 Å². The number of nitrogens with zero attached hydrogens (tertiary/aromatic N) is 1. The van der Waals surface area contributed by atoms with Crippen molar-refractivity contribution in [3.05, 3.63) is 83.9 Å². The fourth-order valence-electron chi connectivity index (χ4n) is 3.32. The second-order valence-corrected chi connectivity index (χ2v) is 7.61. The molecule has 0 fully saturated rings. The van der Waals surface area contributed by atoms with Crippen molar-refractivity contribution in [2.75, 3.05) is 34.9 Å². The lowest BCUT2D eigenvalue weighted by Crippen LogP contribution is -3.00. The molecule has 0 spiro atoms. The Morgan fingerprint density at radius 1 is 0.839 bits per heavy atom. The van der Waals surface area contributed by atoms with E-state index in [1.807, 2.05) is 24.3 Å². The van der Waals surface area contributed by atoms with Gasteiger partial charge >= 0.3 is 0 Å². The number of rotatable bonds is 9. The van der Waals surface area contributed by atoms with E-state index in [2.05, 4.69) is 44.4 Å². The van der Waals surface area contributed by atoms with Gasteiger partial charge in [-0.3, -0.25) is 9.28 Å². The van der Waals surface area contributed by atoms with Gasteiger partial charge in [0.2, 0.25) is 0 Å². The normalized spacial score (nSPS) is 10.7. The van der Waals surface area contributed by atoms with Crippen LogP contribution in [0.2, 0.25) is 0 Å². The van der Waals surface area contributed by atoms with Gasteiger partial charge in [0, 0.05) is 17.2 Å². The van der Waals surface area contributed by atoms with E-state index in [-0.39, 0.29) is 29.4 Å². The Morgan fingerprint density at radius 2 is 1.55 bits per heavy atom. The molecular weight excluding hydrogens is 458 g/mol. The van der Waals surface area contributed by atoms with Gasteiger partial charge in [0.25, 0.3) is 0 Å². The third-order valence-corrected chi connectivity index (χ3v) is 5.01. The molecule has 3 rings (SSSR count). The minimum Gasteiger partial charge on any atom is -1.00 e. The van der Waals surface area contributed by atoms with Gasteiger partial charge in [0.15, 0.2) is 23.9 Å². The minimum atomic E-state index is -0.126. The van der Waals surface area contributed by atoms with Gasteiger partial charge in [-0.15, -0.1) is 0 Å². The Hall–Kier alpha value is -2.83. The fraction of sp³-hybridized carbons (Fsp3) is 0.240. The summed E-state index contributed by atoms with van der Waals surface area (Å²) in [6.07, 6.45) is 0. The minimum absolute atomic E-state index is 0. The zero-order valence-corrected chi connectivity index (χ0v) is 19.9. The van der Waals surface area contributed by atoms with Crippen LogP contribution in [0.25, 0.3) is 0 Å². The molecule has 0 saturated heterocycles. The maximum absolute atomic E-state index is 12.6. The molecule has 0 aliphatic heterocycles. The average molecular weight is 486 g/mol. The third kappa shape index (κ3) is 6.32. The molecular formula is C25H28BrNO4. The molecule has 31 heavy (non-hydrogen) atoms. The summed E-state index contributed by atoms with van der Waals surface area (Å²) >= 11 is 0. The van der Waals surface area contributed by atoms with Gasteiger partial charge in [-0.05, 0) is 30.3 Å². The number of benzene rings is 3. The van der Waals surface area contributed by atoms with Gasteiger partial charge < -0.3 is 31.2 Å². The predicted molar refractivity (Wildman–Crippen MR) is 120 cm³/mol. The Balaban J connectivity index is 0.00000341. The highest BCUT2D eigenvalue weighted by atomic mass is 79.9. The molecule has 164 valence electrons. The number of carbonyl (C=O) groups is 1. The van der Waals surface area contributed by atoms with Gasteiger partial charge in [-0.25, -0.2) is 0 Å². The lowest BCUT2D eigenvalue weighted by Gasteiger charge is -2.29. The van der Waals surface area contributed by atoms with Crippen LogP contribution in [0.5, 0.6) is 17.2 Å². The van der Waals surface area contributed by atoms with Crippen LogP contribution in [-0.4, -0.2) is 40.7 Å². The predicted octanol–water partition coefficient (Wildman–Crippen LogP) is 1.74. The molecule has 0 aromatic heterocycles. The first kappa shape index (κ1) is 24.4. The van der Waals surface area contributed by atoms with Crippen molar-refractivity contribution in [3.8, 4) is 17.2 Å². The summed E-state index contributed by atoms with van der Waals surface area (Å²) in [5.41, 5.74) is 2.89. The second-order valence-electron chi connectivity index (χ2n) is 7.61. The maximum atomic E-state index is 12.6. The van der Waals surface area contributed by atoms with Crippen LogP contribution in [0.3, 0.4) is 0 Å². The molecule has 0 aliphatic carbocycles. The van der Waals surface area contributed by atoms with Crippen molar-refractivity contribution in [3.63, 3.8) is 0 Å². The summed E-state index contributed by atoms with van der Waals surface area (Å²) in [7, 11) is 7.42. The van der Waals surface area contributed by atoms with E-state index in [4.69, 9.17) is 14.2 Å². The number of carbonyl (C=O) groups excluding carboxylic acids is 1. The summed E-state index contributed by atoms with van der Waals surface area (Å²) in [5, 5.41) is 0. The molecule has 0 aliphatic rings. The molecule has 0 amide bonds. The van der Waals surface area contributed by atoms with Crippen molar-refractivity contribution in [2.24, 2.45) is 0 Å². The number of halogens is 1.